The fourth-order valence-corrected chi connectivity index (χ4v) is 0.997. The molecule has 4 nitrogen and oxygen atoms in total. The van der Waals surface area contributed by atoms with Crippen LogP contribution in [0.25, 0.3) is 0 Å². The van der Waals surface area contributed by atoms with E-state index >= 15 is 0 Å². The molecule has 0 atom stereocenters. The summed E-state index contributed by atoms with van der Waals surface area (Å²) in [6.07, 6.45) is 0. The SMILES string of the molecule is Cc1cc([N+](=O)[O-])ccc1C#CC#N. The molecule has 0 N–H and O–H groups in total. The third-order valence-corrected chi connectivity index (χ3v) is 1.67. The average molecular weight is 186 g/mol. The van der Waals surface area contributed by atoms with Gasteiger partial charge in [0.1, 0.15) is 0 Å². The second-order valence-corrected chi connectivity index (χ2v) is 2.62. The van der Waals surface area contributed by atoms with Gasteiger partial charge in [0.15, 0.2) is 6.07 Å². The van der Waals surface area contributed by atoms with Crippen LogP contribution in [-0.4, -0.2) is 4.92 Å². The maximum atomic E-state index is 10.4. The highest BCUT2D eigenvalue weighted by Gasteiger charge is 2.06. The van der Waals surface area contributed by atoms with Crippen LogP contribution < -0.4 is 0 Å². The molecule has 1 rings (SSSR count). The van der Waals surface area contributed by atoms with Gasteiger partial charge in [-0.25, -0.2) is 0 Å². The summed E-state index contributed by atoms with van der Waals surface area (Å²) in [5.74, 6) is 4.83. The lowest BCUT2D eigenvalue weighted by Crippen LogP contribution is -1.90. The van der Waals surface area contributed by atoms with Crippen molar-refractivity contribution < 1.29 is 4.92 Å². The summed E-state index contributed by atoms with van der Waals surface area (Å²) in [5.41, 5.74) is 1.36. The van der Waals surface area contributed by atoms with E-state index < -0.39 is 4.92 Å². The van der Waals surface area contributed by atoms with E-state index in [9.17, 15) is 10.1 Å². The number of nitro groups is 1. The van der Waals surface area contributed by atoms with E-state index in [-0.39, 0.29) is 5.69 Å². The molecule has 0 spiro atoms. The van der Waals surface area contributed by atoms with Crippen molar-refractivity contribution in [2.24, 2.45) is 0 Å². The lowest BCUT2D eigenvalue weighted by molar-refractivity contribution is -0.384. The number of rotatable bonds is 1. The Hall–Kier alpha value is -2.33. The predicted octanol–water partition coefficient (Wildman–Crippen LogP) is 1.78. The van der Waals surface area contributed by atoms with Crippen LogP contribution in [-0.2, 0) is 0 Å². The summed E-state index contributed by atoms with van der Waals surface area (Å²) in [4.78, 5) is 9.93. The van der Waals surface area contributed by atoms with Gasteiger partial charge in [0.2, 0.25) is 0 Å². The van der Waals surface area contributed by atoms with E-state index in [4.69, 9.17) is 5.26 Å². The largest absolute Gasteiger partial charge is 0.269 e. The zero-order valence-electron chi connectivity index (χ0n) is 7.44. The van der Waals surface area contributed by atoms with Crippen molar-refractivity contribution in [1.29, 1.82) is 5.26 Å². The average Bonchev–Trinajstić information content (AvgIpc) is 2.15. The van der Waals surface area contributed by atoms with Crippen LogP contribution in [0.2, 0.25) is 0 Å². The minimum Gasteiger partial charge on any atom is -0.258 e. The summed E-state index contributed by atoms with van der Waals surface area (Å²) >= 11 is 0. The molecule has 0 saturated heterocycles. The van der Waals surface area contributed by atoms with Gasteiger partial charge in [0.25, 0.3) is 5.69 Å². The summed E-state index contributed by atoms with van der Waals surface area (Å²) in [7, 11) is 0. The minimum absolute atomic E-state index is 0.0324. The molecule has 0 aliphatic rings. The first-order valence-corrected chi connectivity index (χ1v) is 3.80. The number of benzene rings is 1. The van der Waals surface area contributed by atoms with Gasteiger partial charge in [0, 0.05) is 23.6 Å². The molecule has 0 aromatic heterocycles. The number of aryl methyl sites for hydroxylation is 1. The van der Waals surface area contributed by atoms with Gasteiger partial charge in [-0.05, 0) is 18.6 Å². The number of nitro benzene ring substituents is 1. The molecule has 0 radical (unpaired) electrons. The first-order valence-electron chi connectivity index (χ1n) is 3.80. The smallest absolute Gasteiger partial charge is 0.258 e. The lowest BCUT2D eigenvalue weighted by Gasteiger charge is -1.96. The number of nitrogens with zero attached hydrogens (tertiary/aromatic N) is 2. The van der Waals surface area contributed by atoms with Crippen molar-refractivity contribution in [2.45, 2.75) is 6.92 Å². The third-order valence-electron chi connectivity index (χ3n) is 1.67. The van der Waals surface area contributed by atoms with Crippen LogP contribution in [0.1, 0.15) is 11.1 Å². The van der Waals surface area contributed by atoms with Gasteiger partial charge in [-0.15, -0.1) is 0 Å². The Kier molecular flexibility index (Phi) is 2.83. The first kappa shape index (κ1) is 9.76. The molecule has 4 heteroatoms. The molecule has 1 aromatic rings. The highest BCUT2D eigenvalue weighted by atomic mass is 16.6. The lowest BCUT2D eigenvalue weighted by atomic mass is 10.1. The van der Waals surface area contributed by atoms with E-state index in [0.717, 1.165) is 0 Å². The number of hydrogen-bond acceptors (Lipinski definition) is 3. The monoisotopic (exact) mass is 186 g/mol. The van der Waals surface area contributed by atoms with Crippen molar-refractivity contribution in [3.8, 4) is 17.9 Å². The molecule has 14 heavy (non-hydrogen) atoms. The second kappa shape index (κ2) is 4.06. The summed E-state index contributed by atoms with van der Waals surface area (Å²) in [6.45, 7) is 1.72. The van der Waals surface area contributed by atoms with Crippen LogP contribution in [0.5, 0.6) is 0 Å². The highest BCUT2D eigenvalue weighted by Crippen LogP contribution is 2.15. The molecular weight excluding hydrogens is 180 g/mol. The van der Waals surface area contributed by atoms with Crippen molar-refractivity contribution in [3.05, 3.63) is 39.4 Å². The van der Waals surface area contributed by atoms with E-state index in [2.05, 4.69) is 11.8 Å². The fraction of sp³-hybridized carbons (Fsp3) is 0.100. The number of non-ortho nitro benzene ring substituents is 1. The Morgan fingerprint density at radius 2 is 2.21 bits per heavy atom. The van der Waals surface area contributed by atoms with Crippen LogP contribution in [0, 0.1) is 40.2 Å². The van der Waals surface area contributed by atoms with Crippen LogP contribution in [0.3, 0.4) is 0 Å². The van der Waals surface area contributed by atoms with Crippen molar-refractivity contribution in [2.75, 3.05) is 0 Å². The minimum atomic E-state index is -0.464. The topological polar surface area (TPSA) is 66.9 Å². The van der Waals surface area contributed by atoms with Gasteiger partial charge in [-0.2, -0.15) is 5.26 Å². The molecule has 0 saturated carbocycles. The van der Waals surface area contributed by atoms with Crippen LogP contribution in [0.4, 0.5) is 5.69 Å². The standard InChI is InChI=1S/C10H6N2O2/c1-8-7-10(12(13)14)5-4-9(8)3-2-6-11/h4-5,7H,1H3. The number of nitriles is 1. The maximum absolute atomic E-state index is 10.4. The third kappa shape index (κ3) is 2.09. The molecule has 0 amide bonds. The second-order valence-electron chi connectivity index (χ2n) is 2.62. The van der Waals surface area contributed by atoms with E-state index in [1.54, 1.807) is 13.0 Å². The first-order chi connectivity index (χ1) is 6.65. The molecule has 0 aliphatic heterocycles. The van der Waals surface area contributed by atoms with Crippen LogP contribution >= 0.6 is 0 Å². The Balaban J connectivity index is 3.15. The van der Waals surface area contributed by atoms with Crippen molar-refractivity contribution in [1.82, 2.24) is 0 Å². The molecule has 0 bridgehead atoms. The normalized spacial score (nSPS) is 8.29. The highest BCUT2D eigenvalue weighted by molar-refractivity contribution is 5.48. The Labute approximate surface area is 80.9 Å². The van der Waals surface area contributed by atoms with E-state index in [1.807, 2.05) is 0 Å². The number of hydrogen-bond donors (Lipinski definition) is 0. The van der Waals surface area contributed by atoms with Crippen molar-refractivity contribution >= 4 is 5.69 Å². The fourth-order valence-electron chi connectivity index (χ4n) is 0.997. The summed E-state index contributed by atoms with van der Waals surface area (Å²) < 4.78 is 0. The summed E-state index contributed by atoms with van der Waals surface area (Å²) in [5, 5.41) is 18.6. The predicted molar refractivity (Wildman–Crippen MR) is 50.3 cm³/mol. The molecular formula is C10H6N2O2. The molecule has 0 unspecified atom stereocenters. The van der Waals surface area contributed by atoms with Gasteiger partial charge < -0.3 is 0 Å². The van der Waals surface area contributed by atoms with E-state index in [0.29, 0.717) is 11.1 Å². The zero-order valence-corrected chi connectivity index (χ0v) is 7.44. The molecule has 0 fully saturated rings. The molecule has 68 valence electrons. The van der Waals surface area contributed by atoms with Gasteiger partial charge in [-0.1, -0.05) is 5.92 Å². The summed E-state index contributed by atoms with van der Waals surface area (Å²) in [6, 6.07) is 6.03. The van der Waals surface area contributed by atoms with Crippen molar-refractivity contribution in [3.63, 3.8) is 0 Å². The maximum Gasteiger partial charge on any atom is 0.269 e. The molecule has 0 aliphatic carbocycles. The molecule has 1 aromatic carbocycles. The van der Waals surface area contributed by atoms with Crippen LogP contribution in [0.15, 0.2) is 18.2 Å². The van der Waals surface area contributed by atoms with Gasteiger partial charge in [0.05, 0.1) is 4.92 Å². The Bertz CT molecular complexity index is 475. The Morgan fingerprint density at radius 3 is 2.71 bits per heavy atom. The Morgan fingerprint density at radius 1 is 1.50 bits per heavy atom. The molecule has 0 heterocycles. The van der Waals surface area contributed by atoms with E-state index in [1.165, 1.54) is 18.2 Å². The zero-order chi connectivity index (χ0) is 10.6. The van der Waals surface area contributed by atoms with Gasteiger partial charge in [-0.3, -0.25) is 10.1 Å². The quantitative estimate of drug-likeness (QED) is 0.381. The van der Waals surface area contributed by atoms with Gasteiger partial charge >= 0.3 is 0 Å².